The summed E-state index contributed by atoms with van der Waals surface area (Å²) in [7, 11) is 0. The Balaban J connectivity index is 2.21. The predicted octanol–water partition coefficient (Wildman–Crippen LogP) is 4.20. The van der Waals surface area contributed by atoms with Crippen molar-refractivity contribution in [2.24, 2.45) is 5.92 Å². The number of carbonyl (C=O) groups is 1. The number of benzene rings is 2. The number of rotatable bonds is 8. The average molecular weight is 360 g/mol. The number of esters is 1. The molecule has 0 fully saturated rings. The lowest BCUT2D eigenvalue weighted by molar-refractivity contribution is -0.168. The molecule has 0 spiro atoms. The number of hydrogen-bond donors (Lipinski definition) is 1. The zero-order valence-electron chi connectivity index (χ0n) is 15.4. The van der Waals surface area contributed by atoms with E-state index in [1.54, 1.807) is 6.92 Å². The maximum absolute atomic E-state index is 14.1. The summed E-state index contributed by atoms with van der Waals surface area (Å²) in [6.45, 7) is 5.89. The van der Waals surface area contributed by atoms with Crippen LogP contribution in [-0.2, 0) is 21.7 Å². The molecule has 26 heavy (non-hydrogen) atoms. The molecule has 140 valence electrons. The molecular weight excluding hydrogens is 335 g/mol. The SMILES string of the molecule is CCC(O)(C(=O)OCC(C)C)c1cc(F)cc(OCc2ccccc2)c1. The van der Waals surface area contributed by atoms with E-state index < -0.39 is 17.4 Å². The van der Waals surface area contributed by atoms with Crippen molar-refractivity contribution in [2.45, 2.75) is 39.4 Å². The van der Waals surface area contributed by atoms with E-state index in [1.807, 2.05) is 44.2 Å². The van der Waals surface area contributed by atoms with Crippen molar-refractivity contribution in [3.8, 4) is 5.75 Å². The molecule has 0 heterocycles. The van der Waals surface area contributed by atoms with Crippen molar-refractivity contribution in [1.82, 2.24) is 0 Å². The Kier molecular flexibility index (Phi) is 6.75. The molecular formula is C21H25FO4. The second-order valence-corrected chi connectivity index (χ2v) is 6.66. The Hall–Kier alpha value is -2.40. The van der Waals surface area contributed by atoms with E-state index in [4.69, 9.17) is 9.47 Å². The largest absolute Gasteiger partial charge is 0.489 e. The smallest absolute Gasteiger partial charge is 0.342 e. The highest BCUT2D eigenvalue weighted by molar-refractivity contribution is 5.81. The van der Waals surface area contributed by atoms with Gasteiger partial charge in [0, 0.05) is 11.6 Å². The van der Waals surface area contributed by atoms with Crippen molar-refractivity contribution in [2.75, 3.05) is 6.61 Å². The molecule has 1 unspecified atom stereocenters. The first kappa shape index (κ1) is 19.9. The zero-order chi connectivity index (χ0) is 19.2. The molecule has 0 aliphatic rings. The van der Waals surface area contributed by atoms with Gasteiger partial charge < -0.3 is 14.6 Å². The van der Waals surface area contributed by atoms with Crippen LogP contribution in [0.2, 0.25) is 0 Å². The highest BCUT2D eigenvalue weighted by Gasteiger charge is 2.38. The molecule has 0 bridgehead atoms. The van der Waals surface area contributed by atoms with E-state index in [-0.39, 0.29) is 36.9 Å². The zero-order valence-corrected chi connectivity index (χ0v) is 15.4. The highest BCUT2D eigenvalue weighted by atomic mass is 19.1. The van der Waals surface area contributed by atoms with Gasteiger partial charge in [-0.05, 0) is 30.0 Å². The van der Waals surface area contributed by atoms with Crippen LogP contribution in [0.4, 0.5) is 4.39 Å². The van der Waals surface area contributed by atoms with Crippen LogP contribution in [0.1, 0.15) is 38.3 Å². The van der Waals surface area contributed by atoms with Gasteiger partial charge in [-0.15, -0.1) is 0 Å². The van der Waals surface area contributed by atoms with Gasteiger partial charge >= 0.3 is 5.97 Å². The van der Waals surface area contributed by atoms with Crippen molar-refractivity contribution in [3.63, 3.8) is 0 Å². The molecule has 0 amide bonds. The Labute approximate surface area is 153 Å². The van der Waals surface area contributed by atoms with Crippen LogP contribution in [-0.4, -0.2) is 17.7 Å². The van der Waals surface area contributed by atoms with Crippen LogP contribution in [0.15, 0.2) is 48.5 Å². The maximum atomic E-state index is 14.1. The second-order valence-electron chi connectivity index (χ2n) is 6.66. The average Bonchev–Trinajstić information content (AvgIpc) is 2.64. The number of aliphatic hydroxyl groups is 1. The molecule has 1 N–H and O–H groups in total. The van der Waals surface area contributed by atoms with Gasteiger partial charge in [0.05, 0.1) is 6.61 Å². The molecule has 2 rings (SSSR count). The van der Waals surface area contributed by atoms with Gasteiger partial charge in [-0.2, -0.15) is 0 Å². The molecule has 0 aliphatic carbocycles. The molecule has 0 aliphatic heterocycles. The fourth-order valence-corrected chi connectivity index (χ4v) is 2.45. The van der Waals surface area contributed by atoms with Crippen molar-refractivity contribution < 1.29 is 23.8 Å². The van der Waals surface area contributed by atoms with Crippen LogP contribution in [0.3, 0.4) is 0 Å². The minimum Gasteiger partial charge on any atom is -0.489 e. The Morgan fingerprint density at radius 2 is 1.88 bits per heavy atom. The second kappa shape index (κ2) is 8.81. The first-order valence-corrected chi connectivity index (χ1v) is 8.72. The summed E-state index contributed by atoms with van der Waals surface area (Å²) >= 11 is 0. The predicted molar refractivity (Wildman–Crippen MR) is 97.2 cm³/mol. The summed E-state index contributed by atoms with van der Waals surface area (Å²) in [6, 6.07) is 13.3. The molecule has 0 aromatic heterocycles. The standard InChI is InChI=1S/C21H25FO4/c1-4-21(24,20(23)26-13-15(2)3)17-10-18(22)12-19(11-17)25-14-16-8-6-5-7-9-16/h5-12,15,24H,4,13-14H2,1-3H3. The third-order valence-electron chi connectivity index (χ3n) is 3.99. The first-order chi connectivity index (χ1) is 12.3. The van der Waals surface area contributed by atoms with E-state index in [9.17, 15) is 14.3 Å². The van der Waals surface area contributed by atoms with E-state index in [2.05, 4.69) is 0 Å². The van der Waals surface area contributed by atoms with Crippen LogP contribution in [0.25, 0.3) is 0 Å². The number of hydrogen-bond acceptors (Lipinski definition) is 4. The lowest BCUT2D eigenvalue weighted by atomic mass is 9.91. The Bertz CT molecular complexity index is 730. The summed E-state index contributed by atoms with van der Waals surface area (Å²) in [5.74, 6) is -0.993. The number of ether oxygens (including phenoxy) is 2. The fraction of sp³-hybridized carbons (Fsp3) is 0.381. The minimum atomic E-state index is -1.91. The Morgan fingerprint density at radius 1 is 1.19 bits per heavy atom. The summed E-state index contributed by atoms with van der Waals surface area (Å²) in [5.41, 5.74) is -0.862. The number of carbonyl (C=O) groups excluding carboxylic acids is 1. The van der Waals surface area contributed by atoms with E-state index in [0.717, 1.165) is 11.6 Å². The molecule has 0 saturated heterocycles. The molecule has 1 atom stereocenters. The number of halogens is 1. The van der Waals surface area contributed by atoms with Gasteiger partial charge in [0.1, 0.15) is 18.2 Å². The summed E-state index contributed by atoms with van der Waals surface area (Å²) in [4.78, 5) is 12.4. The van der Waals surface area contributed by atoms with Crippen LogP contribution in [0.5, 0.6) is 5.75 Å². The van der Waals surface area contributed by atoms with Gasteiger partial charge in [0.25, 0.3) is 0 Å². The van der Waals surface area contributed by atoms with Crippen molar-refractivity contribution >= 4 is 5.97 Å². The first-order valence-electron chi connectivity index (χ1n) is 8.72. The summed E-state index contributed by atoms with van der Waals surface area (Å²) in [6.07, 6.45) is 0.0610. The lowest BCUT2D eigenvalue weighted by Crippen LogP contribution is -2.37. The minimum absolute atomic E-state index is 0.0610. The topological polar surface area (TPSA) is 55.8 Å². The lowest BCUT2D eigenvalue weighted by Gasteiger charge is -2.26. The molecule has 5 heteroatoms. The van der Waals surface area contributed by atoms with Gasteiger partial charge in [-0.3, -0.25) is 0 Å². The van der Waals surface area contributed by atoms with E-state index >= 15 is 0 Å². The van der Waals surface area contributed by atoms with Crippen LogP contribution < -0.4 is 4.74 Å². The molecule has 2 aromatic rings. The van der Waals surface area contributed by atoms with Crippen LogP contribution >= 0.6 is 0 Å². The van der Waals surface area contributed by atoms with Crippen LogP contribution in [0, 0.1) is 11.7 Å². The summed E-state index contributed by atoms with van der Waals surface area (Å²) < 4.78 is 24.9. The maximum Gasteiger partial charge on any atom is 0.342 e. The fourth-order valence-electron chi connectivity index (χ4n) is 2.45. The van der Waals surface area contributed by atoms with Gasteiger partial charge in [-0.25, -0.2) is 9.18 Å². The summed E-state index contributed by atoms with van der Waals surface area (Å²) in [5, 5.41) is 10.8. The molecule has 0 saturated carbocycles. The quantitative estimate of drug-likeness (QED) is 0.717. The van der Waals surface area contributed by atoms with E-state index in [0.29, 0.717) is 0 Å². The third kappa shape index (κ3) is 5.05. The van der Waals surface area contributed by atoms with Crippen molar-refractivity contribution in [1.29, 1.82) is 0 Å². The normalized spacial score (nSPS) is 13.3. The van der Waals surface area contributed by atoms with Gasteiger partial charge in [0.15, 0.2) is 5.60 Å². The van der Waals surface area contributed by atoms with Gasteiger partial charge in [-0.1, -0.05) is 51.1 Å². The monoisotopic (exact) mass is 360 g/mol. The molecule has 4 nitrogen and oxygen atoms in total. The highest BCUT2D eigenvalue weighted by Crippen LogP contribution is 2.31. The molecule has 0 radical (unpaired) electrons. The van der Waals surface area contributed by atoms with Gasteiger partial charge in [0.2, 0.25) is 0 Å². The van der Waals surface area contributed by atoms with E-state index in [1.165, 1.54) is 12.1 Å². The van der Waals surface area contributed by atoms with Crippen molar-refractivity contribution in [3.05, 3.63) is 65.5 Å². The molecule has 2 aromatic carbocycles. The Morgan fingerprint density at radius 3 is 2.50 bits per heavy atom. The third-order valence-corrected chi connectivity index (χ3v) is 3.99.